The minimum absolute atomic E-state index is 0.0360. The normalized spacial score (nSPS) is 10.2. The van der Waals surface area contributed by atoms with Crippen LogP contribution in [0.15, 0.2) is 38.5 Å². The second-order valence-corrected chi connectivity index (χ2v) is 4.64. The second-order valence-electron chi connectivity index (χ2n) is 3.78. The Morgan fingerprint density at radius 3 is 2.79 bits per heavy atom. The highest BCUT2D eigenvalue weighted by Crippen LogP contribution is 2.11. The maximum atomic E-state index is 13.7. The van der Waals surface area contributed by atoms with Crippen molar-refractivity contribution in [3.05, 3.63) is 66.7 Å². The Labute approximate surface area is 115 Å². The number of rotatable bonds is 2. The van der Waals surface area contributed by atoms with Crippen LogP contribution < -0.4 is 11.2 Å². The van der Waals surface area contributed by atoms with Crippen molar-refractivity contribution in [2.75, 3.05) is 0 Å². The first-order valence-corrected chi connectivity index (χ1v) is 5.98. The molecular formula is C12H7BrFN3O2. The molecule has 0 radical (unpaired) electrons. The van der Waals surface area contributed by atoms with E-state index in [9.17, 15) is 14.0 Å². The van der Waals surface area contributed by atoms with Gasteiger partial charge >= 0.3 is 5.69 Å². The molecule has 0 amide bonds. The first kappa shape index (κ1) is 13.2. The minimum Gasteiger partial charge on any atom is -0.295 e. The summed E-state index contributed by atoms with van der Waals surface area (Å²) in [4.78, 5) is 24.8. The van der Waals surface area contributed by atoms with E-state index >= 15 is 0 Å². The van der Waals surface area contributed by atoms with Gasteiger partial charge in [-0.15, -0.1) is 0 Å². The van der Waals surface area contributed by atoms with E-state index in [1.807, 2.05) is 6.07 Å². The van der Waals surface area contributed by atoms with Gasteiger partial charge in [-0.05, 0) is 28.1 Å². The lowest BCUT2D eigenvalue weighted by Gasteiger charge is -2.06. The van der Waals surface area contributed by atoms with Crippen LogP contribution in [0.5, 0.6) is 0 Å². The predicted octanol–water partition coefficient (Wildman–Crippen LogP) is 1.36. The Kier molecular flexibility index (Phi) is 3.62. The van der Waals surface area contributed by atoms with Crippen LogP contribution in [0.25, 0.3) is 0 Å². The zero-order chi connectivity index (χ0) is 14.0. The van der Waals surface area contributed by atoms with Crippen LogP contribution in [0.4, 0.5) is 4.39 Å². The standard InChI is InChI=1S/C12H7BrFN3O2/c13-9-6-17(12(19)16-11(9)18)5-8-2-1-7(4-15)3-10(8)14/h1-3,6H,5H2,(H,16,18,19). The Bertz CT molecular complexity index is 789. The number of nitrogens with one attached hydrogen (secondary N) is 1. The summed E-state index contributed by atoms with van der Waals surface area (Å²) in [5.74, 6) is -0.576. The van der Waals surface area contributed by atoms with Gasteiger partial charge in [-0.25, -0.2) is 9.18 Å². The van der Waals surface area contributed by atoms with E-state index < -0.39 is 17.1 Å². The lowest BCUT2D eigenvalue weighted by atomic mass is 10.1. The summed E-state index contributed by atoms with van der Waals surface area (Å²) < 4.78 is 15.0. The summed E-state index contributed by atoms with van der Waals surface area (Å²) in [5.41, 5.74) is -0.713. The molecule has 0 atom stereocenters. The van der Waals surface area contributed by atoms with E-state index in [2.05, 4.69) is 20.9 Å². The first-order valence-electron chi connectivity index (χ1n) is 5.19. The third-order valence-electron chi connectivity index (χ3n) is 2.49. The Hall–Kier alpha value is -2.20. The van der Waals surface area contributed by atoms with Gasteiger partial charge in [-0.2, -0.15) is 5.26 Å². The van der Waals surface area contributed by atoms with Crippen molar-refractivity contribution < 1.29 is 4.39 Å². The maximum Gasteiger partial charge on any atom is 0.328 e. The van der Waals surface area contributed by atoms with Gasteiger partial charge in [0.15, 0.2) is 0 Å². The summed E-state index contributed by atoms with van der Waals surface area (Å²) in [6, 6.07) is 5.81. The van der Waals surface area contributed by atoms with Crippen molar-refractivity contribution in [1.82, 2.24) is 9.55 Å². The molecule has 0 aliphatic heterocycles. The summed E-state index contributed by atoms with van der Waals surface area (Å²) in [6.07, 6.45) is 1.29. The molecule has 2 aromatic rings. The molecule has 1 N–H and O–H groups in total. The van der Waals surface area contributed by atoms with Crippen molar-refractivity contribution in [2.24, 2.45) is 0 Å². The quantitative estimate of drug-likeness (QED) is 0.906. The van der Waals surface area contributed by atoms with Crippen LogP contribution in [0.3, 0.4) is 0 Å². The van der Waals surface area contributed by atoms with Crippen molar-refractivity contribution in [3.63, 3.8) is 0 Å². The van der Waals surface area contributed by atoms with Gasteiger partial charge in [-0.1, -0.05) is 6.07 Å². The van der Waals surface area contributed by atoms with Crippen LogP contribution in [-0.2, 0) is 6.54 Å². The second kappa shape index (κ2) is 5.20. The largest absolute Gasteiger partial charge is 0.328 e. The molecule has 7 heteroatoms. The summed E-state index contributed by atoms with van der Waals surface area (Å²) >= 11 is 2.99. The minimum atomic E-state index is -0.628. The van der Waals surface area contributed by atoms with Gasteiger partial charge in [0.1, 0.15) is 5.82 Å². The van der Waals surface area contributed by atoms with E-state index in [-0.39, 0.29) is 22.1 Å². The fourth-order valence-electron chi connectivity index (χ4n) is 1.53. The topological polar surface area (TPSA) is 78.7 Å². The van der Waals surface area contributed by atoms with Gasteiger partial charge in [0.2, 0.25) is 0 Å². The number of hydrogen-bond donors (Lipinski definition) is 1. The predicted molar refractivity (Wildman–Crippen MR) is 69.2 cm³/mol. The summed E-state index contributed by atoms with van der Waals surface area (Å²) in [5, 5.41) is 8.64. The van der Waals surface area contributed by atoms with Gasteiger partial charge in [0.05, 0.1) is 22.7 Å². The number of aromatic amines is 1. The molecule has 1 heterocycles. The lowest BCUT2D eigenvalue weighted by molar-refractivity contribution is 0.592. The molecule has 96 valence electrons. The van der Waals surface area contributed by atoms with Gasteiger partial charge < -0.3 is 0 Å². The Balaban J connectivity index is 2.42. The number of nitrogens with zero attached hydrogens (tertiary/aromatic N) is 2. The first-order chi connectivity index (χ1) is 9.01. The zero-order valence-corrected chi connectivity index (χ0v) is 11.1. The van der Waals surface area contributed by atoms with E-state index in [0.29, 0.717) is 0 Å². The number of halogens is 2. The average molecular weight is 324 g/mol. The molecule has 1 aromatic carbocycles. The van der Waals surface area contributed by atoms with Gasteiger partial charge in [0, 0.05) is 11.8 Å². The number of H-pyrrole nitrogens is 1. The molecule has 0 aliphatic carbocycles. The smallest absolute Gasteiger partial charge is 0.295 e. The van der Waals surface area contributed by atoms with Crippen molar-refractivity contribution in [3.8, 4) is 6.07 Å². The molecule has 0 saturated heterocycles. The highest BCUT2D eigenvalue weighted by Gasteiger charge is 2.07. The third-order valence-corrected chi connectivity index (χ3v) is 3.06. The molecule has 19 heavy (non-hydrogen) atoms. The van der Waals surface area contributed by atoms with Crippen molar-refractivity contribution in [2.45, 2.75) is 6.54 Å². The Morgan fingerprint density at radius 1 is 1.42 bits per heavy atom. The zero-order valence-electron chi connectivity index (χ0n) is 9.48. The third kappa shape index (κ3) is 2.80. The number of aromatic nitrogens is 2. The maximum absolute atomic E-state index is 13.7. The number of benzene rings is 1. The van der Waals surface area contributed by atoms with E-state index in [4.69, 9.17) is 5.26 Å². The van der Waals surface area contributed by atoms with E-state index in [1.165, 1.54) is 18.3 Å². The van der Waals surface area contributed by atoms with E-state index in [0.717, 1.165) is 10.6 Å². The molecule has 2 rings (SSSR count). The number of nitriles is 1. The van der Waals surface area contributed by atoms with Crippen LogP contribution in [0.1, 0.15) is 11.1 Å². The average Bonchev–Trinajstić information content (AvgIpc) is 2.38. The molecule has 0 bridgehead atoms. The van der Waals surface area contributed by atoms with Crippen LogP contribution in [0, 0.1) is 17.1 Å². The molecule has 0 saturated carbocycles. The molecular weight excluding hydrogens is 317 g/mol. The van der Waals surface area contributed by atoms with Gasteiger partial charge in [0.25, 0.3) is 5.56 Å². The number of hydrogen-bond acceptors (Lipinski definition) is 3. The molecule has 0 fully saturated rings. The van der Waals surface area contributed by atoms with Crippen molar-refractivity contribution in [1.29, 1.82) is 5.26 Å². The summed E-state index contributed by atoms with van der Waals surface area (Å²) in [6.45, 7) is -0.0360. The molecule has 0 unspecified atom stereocenters. The molecule has 0 spiro atoms. The molecule has 0 aliphatic rings. The van der Waals surface area contributed by atoms with Crippen molar-refractivity contribution >= 4 is 15.9 Å². The fourth-order valence-corrected chi connectivity index (χ4v) is 1.88. The Morgan fingerprint density at radius 2 is 2.16 bits per heavy atom. The highest BCUT2D eigenvalue weighted by atomic mass is 79.9. The van der Waals surface area contributed by atoms with E-state index in [1.54, 1.807) is 0 Å². The van der Waals surface area contributed by atoms with Crippen LogP contribution in [-0.4, -0.2) is 9.55 Å². The SMILES string of the molecule is N#Cc1ccc(Cn2cc(Br)c(=O)[nH]c2=O)c(F)c1. The molecule has 1 aromatic heterocycles. The lowest BCUT2D eigenvalue weighted by Crippen LogP contribution is -2.30. The highest BCUT2D eigenvalue weighted by molar-refractivity contribution is 9.10. The van der Waals surface area contributed by atoms with Gasteiger partial charge in [-0.3, -0.25) is 14.3 Å². The molecule has 5 nitrogen and oxygen atoms in total. The van der Waals surface area contributed by atoms with Crippen LogP contribution >= 0.6 is 15.9 Å². The monoisotopic (exact) mass is 323 g/mol. The van der Waals surface area contributed by atoms with Crippen LogP contribution in [0.2, 0.25) is 0 Å². The summed E-state index contributed by atoms with van der Waals surface area (Å²) in [7, 11) is 0. The fraction of sp³-hybridized carbons (Fsp3) is 0.0833.